The van der Waals surface area contributed by atoms with E-state index in [0.717, 1.165) is 12.1 Å². The number of hydrogen-bond acceptors (Lipinski definition) is 8. The maximum absolute atomic E-state index is 13.8. The molecule has 3 amide bonds. The number of fused-ring (bicyclic) bond motifs is 1. The zero-order valence-corrected chi connectivity index (χ0v) is 26.0. The Morgan fingerprint density at radius 3 is 2.18 bits per heavy atom. The number of carbonyl (C=O) groups excluding carboxylic acids is 2. The van der Waals surface area contributed by atoms with Gasteiger partial charge in [-0.25, -0.2) is 13.6 Å². The number of ether oxygens (including phenoxy) is 3. The first-order valence-electron chi connectivity index (χ1n) is 15.1. The zero-order chi connectivity index (χ0) is 32.7. The van der Waals surface area contributed by atoms with Gasteiger partial charge in [0.2, 0.25) is 5.91 Å². The number of rotatable bonds is 13. The Kier molecular flexibility index (Phi) is 12.1. The van der Waals surface area contributed by atoms with Crippen LogP contribution < -0.4 is 0 Å². The second-order valence-electron chi connectivity index (χ2n) is 11.5. The molecule has 250 valence electrons. The van der Waals surface area contributed by atoms with Gasteiger partial charge in [-0.05, 0) is 26.0 Å². The second kappa shape index (κ2) is 15.8. The fourth-order valence-corrected chi connectivity index (χ4v) is 5.93. The van der Waals surface area contributed by atoms with Gasteiger partial charge in [0.25, 0.3) is 5.91 Å². The molecule has 2 saturated heterocycles. The van der Waals surface area contributed by atoms with Gasteiger partial charge in [-0.15, -0.1) is 0 Å². The predicted octanol–water partition coefficient (Wildman–Crippen LogP) is 1.22. The average Bonchev–Trinajstić information content (AvgIpc) is 3.31. The average molecular weight is 640 g/mol. The monoisotopic (exact) mass is 639 g/mol. The summed E-state index contributed by atoms with van der Waals surface area (Å²) < 4.78 is 45.5. The van der Waals surface area contributed by atoms with Crippen LogP contribution in [0.2, 0.25) is 0 Å². The Morgan fingerprint density at radius 1 is 0.867 bits per heavy atom. The van der Waals surface area contributed by atoms with Crippen LogP contribution in [0.5, 0.6) is 0 Å². The lowest BCUT2D eigenvalue weighted by Gasteiger charge is -2.45. The third kappa shape index (κ3) is 8.47. The fraction of sp³-hybridized carbons (Fsp3) is 0.633. The van der Waals surface area contributed by atoms with Crippen molar-refractivity contribution in [3.05, 3.63) is 35.5 Å². The highest BCUT2D eigenvalue weighted by molar-refractivity contribution is 5.99. The summed E-state index contributed by atoms with van der Waals surface area (Å²) in [5.41, 5.74) is 0.710. The van der Waals surface area contributed by atoms with Crippen molar-refractivity contribution in [1.82, 2.24) is 24.2 Å². The van der Waals surface area contributed by atoms with E-state index in [2.05, 4.69) is 0 Å². The summed E-state index contributed by atoms with van der Waals surface area (Å²) >= 11 is 0. The minimum absolute atomic E-state index is 0.0512. The molecule has 2 N–H and O–H groups in total. The molecule has 1 aromatic carbocycles. The number of amides is 3. The van der Waals surface area contributed by atoms with Crippen LogP contribution in [0.4, 0.5) is 13.6 Å². The molecule has 0 aliphatic carbocycles. The largest absolute Gasteiger partial charge is 0.465 e. The molecule has 4 rings (SSSR count). The molecule has 2 aliphatic heterocycles. The van der Waals surface area contributed by atoms with Gasteiger partial charge in [-0.2, -0.15) is 0 Å². The molecule has 0 saturated carbocycles. The number of aliphatic hydroxyl groups is 1. The smallest absolute Gasteiger partial charge is 0.407 e. The molecule has 3 atom stereocenters. The van der Waals surface area contributed by atoms with Crippen LogP contribution in [0, 0.1) is 11.6 Å². The molecular weight excluding hydrogens is 596 g/mol. The van der Waals surface area contributed by atoms with Gasteiger partial charge in [0.15, 0.2) is 11.6 Å². The molecule has 15 heteroatoms. The number of aromatic nitrogens is 1. The van der Waals surface area contributed by atoms with E-state index < -0.39 is 17.7 Å². The quantitative estimate of drug-likeness (QED) is 0.310. The van der Waals surface area contributed by atoms with Crippen molar-refractivity contribution in [2.45, 2.75) is 32.0 Å². The number of carboxylic acid groups (broad SMARTS) is 1. The molecule has 0 radical (unpaired) electrons. The SMILES string of the molecule is C[C@@H]1CN(CC(=O)N2CCN(C(=O)c3cc4cc(F)c(F)cc4n3C)C[C@H]2C)[C@@H](COCCOCCOCCO)CN1C(=O)O. The van der Waals surface area contributed by atoms with Crippen LogP contribution in [-0.4, -0.2) is 156 Å². The molecule has 2 fully saturated rings. The van der Waals surface area contributed by atoms with Gasteiger partial charge in [0, 0.05) is 63.3 Å². The molecule has 2 aliphatic rings. The summed E-state index contributed by atoms with van der Waals surface area (Å²) in [6.45, 7) is 6.91. The Morgan fingerprint density at radius 2 is 1.51 bits per heavy atom. The van der Waals surface area contributed by atoms with Gasteiger partial charge < -0.3 is 43.7 Å². The van der Waals surface area contributed by atoms with Crippen molar-refractivity contribution in [3.8, 4) is 0 Å². The predicted molar refractivity (Wildman–Crippen MR) is 159 cm³/mol. The molecule has 0 spiro atoms. The highest BCUT2D eigenvalue weighted by Crippen LogP contribution is 2.24. The van der Waals surface area contributed by atoms with Crippen molar-refractivity contribution in [1.29, 1.82) is 0 Å². The third-order valence-electron chi connectivity index (χ3n) is 8.37. The van der Waals surface area contributed by atoms with Crippen molar-refractivity contribution >= 4 is 28.8 Å². The molecule has 3 heterocycles. The Labute approximate surface area is 260 Å². The summed E-state index contributed by atoms with van der Waals surface area (Å²) in [5, 5.41) is 18.8. The van der Waals surface area contributed by atoms with Gasteiger partial charge in [0.05, 0.1) is 64.4 Å². The van der Waals surface area contributed by atoms with Crippen molar-refractivity contribution < 1.29 is 47.6 Å². The Bertz CT molecular complexity index is 1340. The number of hydrogen-bond donors (Lipinski definition) is 2. The lowest BCUT2D eigenvalue weighted by atomic mass is 10.1. The first kappa shape index (κ1) is 34.5. The number of aliphatic hydroxyl groups excluding tert-OH is 1. The van der Waals surface area contributed by atoms with Gasteiger partial charge in [0.1, 0.15) is 5.69 Å². The van der Waals surface area contributed by atoms with Crippen molar-refractivity contribution in [3.63, 3.8) is 0 Å². The zero-order valence-electron chi connectivity index (χ0n) is 26.0. The second-order valence-corrected chi connectivity index (χ2v) is 11.5. The van der Waals surface area contributed by atoms with E-state index in [1.807, 2.05) is 11.8 Å². The summed E-state index contributed by atoms with van der Waals surface area (Å²) in [4.78, 5) is 45.4. The van der Waals surface area contributed by atoms with E-state index in [1.165, 1.54) is 4.90 Å². The van der Waals surface area contributed by atoms with Crippen molar-refractivity contribution in [2.75, 3.05) is 85.5 Å². The van der Waals surface area contributed by atoms with Gasteiger partial charge in [-0.1, -0.05) is 0 Å². The minimum Gasteiger partial charge on any atom is -0.465 e. The van der Waals surface area contributed by atoms with E-state index in [4.69, 9.17) is 19.3 Å². The van der Waals surface area contributed by atoms with E-state index in [1.54, 1.807) is 34.4 Å². The summed E-state index contributed by atoms with van der Waals surface area (Å²) in [6, 6.07) is 2.74. The first-order valence-corrected chi connectivity index (χ1v) is 15.1. The van der Waals surface area contributed by atoms with Crippen LogP contribution >= 0.6 is 0 Å². The van der Waals surface area contributed by atoms with E-state index in [9.17, 15) is 28.3 Å². The summed E-state index contributed by atoms with van der Waals surface area (Å²) in [6.07, 6.45) is -1.03. The standard InChI is InChI=1S/C30H43F2N5O8/c1-20-15-34(29(40)27-13-22-12-24(31)25(32)14-26(22)33(27)3)4-5-36(20)28(39)18-35-16-21(2)37(30(41)42)17-23(35)19-45-11-10-44-9-8-43-7-6-38/h12-14,20-21,23,38H,4-11,15-19H2,1-3H3,(H,41,42)/t20-,21-,23-/m1/s1. The number of aryl methyl sites for hydroxylation is 1. The fourth-order valence-electron chi connectivity index (χ4n) is 5.93. The Balaban J connectivity index is 1.32. The molecule has 2 aromatic rings. The maximum atomic E-state index is 13.8. The van der Waals surface area contributed by atoms with Crippen LogP contribution in [0.3, 0.4) is 0 Å². The summed E-state index contributed by atoms with van der Waals surface area (Å²) in [5.74, 6) is -2.38. The number of piperazine rings is 2. The third-order valence-corrected chi connectivity index (χ3v) is 8.37. The normalized spacial score (nSPS) is 21.1. The lowest BCUT2D eigenvalue weighted by molar-refractivity contribution is -0.138. The number of nitrogens with zero attached hydrogens (tertiary/aromatic N) is 5. The van der Waals surface area contributed by atoms with Crippen LogP contribution in [0.25, 0.3) is 10.9 Å². The summed E-state index contributed by atoms with van der Waals surface area (Å²) in [7, 11) is 1.63. The van der Waals surface area contributed by atoms with Crippen LogP contribution in [0.1, 0.15) is 24.3 Å². The molecule has 13 nitrogen and oxygen atoms in total. The molecular formula is C30H43F2N5O8. The van der Waals surface area contributed by atoms with Gasteiger partial charge >= 0.3 is 6.09 Å². The number of benzene rings is 1. The van der Waals surface area contributed by atoms with Crippen molar-refractivity contribution in [2.24, 2.45) is 7.05 Å². The Hall–Kier alpha value is -3.37. The highest BCUT2D eigenvalue weighted by atomic mass is 19.2. The van der Waals surface area contributed by atoms with E-state index >= 15 is 0 Å². The molecule has 0 unspecified atom stereocenters. The topological polar surface area (TPSA) is 137 Å². The lowest BCUT2D eigenvalue weighted by Crippen LogP contribution is -2.63. The number of carbonyl (C=O) groups is 3. The molecule has 0 bridgehead atoms. The van der Waals surface area contributed by atoms with Crippen LogP contribution in [-0.2, 0) is 26.1 Å². The van der Waals surface area contributed by atoms with Crippen LogP contribution in [0.15, 0.2) is 18.2 Å². The maximum Gasteiger partial charge on any atom is 0.407 e. The van der Waals surface area contributed by atoms with Gasteiger partial charge in [-0.3, -0.25) is 14.5 Å². The van der Waals surface area contributed by atoms with E-state index in [0.29, 0.717) is 56.1 Å². The molecule has 45 heavy (non-hydrogen) atoms. The molecule has 1 aromatic heterocycles. The number of halogens is 2. The highest BCUT2D eigenvalue weighted by Gasteiger charge is 2.37. The minimum atomic E-state index is -1.03. The van der Waals surface area contributed by atoms with E-state index in [-0.39, 0.29) is 76.0 Å². The first-order chi connectivity index (χ1) is 21.5.